The maximum atomic E-state index is 12.5. The van der Waals surface area contributed by atoms with Crippen LogP contribution in [0.5, 0.6) is 0 Å². The highest BCUT2D eigenvalue weighted by Crippen LogP contribution is 2.28. The van der Waals surface area contributed by atoms with Gasteiger partial charge in [-0.2, -0.15) is 0 Å². The van der Waals surface area contributed by atoms with Gasteiger partial charge in [0.1, 0.15) is 0 Å². The summed E-state index contributed by atoms with van der Waals surface area (Å²) in [7, 11) is -3.50. The van der Waals surface area contributed by atoms with Crippen LogP contribution in [0.1, 0.15) is 23.8 Å². The molecule has 7 heteroatoms. The van der Waals surface area contributed by atoms with Gasteiger partial charge in [-0.05, 0) is 55.6 Å². The van der Waals surface area contributed by atoms with E-state index in [4.69, 9.17) is 0 Å². The second-order valence-corrected chi connectivity index (χ2v) is 9.25. The average Bonchev–Trinajstić information content (AvgIpc) is 3.21. The van der Waals surface area contributed by atoms with Crippen molar-refractivity contribution in [2.45, 2.75) is 23.8 Å². The van der Waals surface area contributed by atoms with Crippen LogP contribution in [0.4, 0.5) is 0 Å². The third-order valence-electron chi connectivity index (χ3n) is 4.03. The van der Waals surface area contributed by atoms with E-state index in [2.05, 4.69) is 31.6 Å². The molecule has 2 aromatic rings. The Hall–Kier alpha value is -0.730. The molecule has 0 amide bonds. The zero-order chi connectivity index (χ0) is 16.3. The van der Waals surface area contributed by atoms with Crippen LogP contribution in [-0.4, -0.2) is 33.0 Å². The number of halogens is 1. The van der Waals surface area contributed by atoms with Gasteiger partial charge in [-0.25, -0.2) is 13.1 Å². The van der Waals surface area contributed by atoms with Crippen molar-refractivity contribution >= 4 is 37.3 Å². The maximum absolute atomic E-state index is 12.5. The monoisotopic (exact) mass is 414 g/mol. The molecule has 1 saturated heterocycles. The molecule has 1 unspecified atom stereocenters. The Labute approximate surface area is 149 Å². The van der Waals surface area contributed by atoms with E-state index >= 15 is 0 Å². The van der Waals surface area contributed by atoms with Crippen LogP contribution in [0.15, 0.2) is 51.1 Å². The number of hydrogen-bond acceptors (Lipinski definition) is 4. The van der Waals surface area contributed by atoms with Crippen LogP contribution in [0.3, 0.4) is 0 Å². The molecule has 0 aliphatic carbocycles. The van der Waals surface area contributed by atoms with Gasteiger partial charge in [0.25, 0.3) is 0 Å². The van der Waals surface area contributed by atoms with Gasteiger partial charge < -0.3 is 0 Å². The summed E-state index contributed by atoms with van der Waals surface area (Å²) < 4.78 is 28.6. The lowest BCUT2D eigenvalue weighted by Gasteiger charge is -2.26. The van der Waals surface area contributed by atoms with E-state index in [1.165, 1.54) is 17.7 Å². The Morgan fingerprint density at radius 1 is 1.22 bits per heavy atom. The molecule has 1 fully saturated rings. The highest BCUT2D eigenvalue weighted by molar-refractivity contribution is 9.10. The third-order valence-corrected chi connectivity index (χ3v) is 6.91. The van der Waals surface area contributed by atoms with E-state index in [-0.39, 0.29) is 6.04 Å². The molecule has 1 aliphatic heterocycles. The van der Waals surface area contributed by atoms with E-state index < -0.39 is 10.0 Å². The summed E-state index contributed by atoms with van der Waals surface area (Å²) >= 11 is 5.00. The highest BCUT2D eigenvalue weighted by Gasteiger charge is 2.26. The second kappa shape index (κ2) is 7.44. The topological polar surface area (TPSA) is 49.4 Å². The number of benzene rings is 1. The summed E-state index contributed by atoms with van der Waals surface area (Å²) in [6.45, 7) is 2.46. The molecule has 1 aromatic heterocycles. The van der Waals surface area contributed by atoms with Crippen LogP contribution in [0.25, 0.3) is 0 Å². The number of nitrogens with one attached hydrogen (secondary N) is 1. The first kappa shape index (κ1) is 17.1. The van der Waals surface area contributed by atoms with Crippen molar-refractivity contribution in [1.29, 1.82) is 0 Å². The Morgan fingerprint density at radius 3 is 2.65 bits per heavy atom. The molecule has 1 atom stereocenters. The molecule has 2 heterocycles. The lowest BCUT2D eigenvalue weighted by Crippen LogP contribution is -2.36. The SMILES string of the molecule is O=S(=O)(NCC(c1cccs1)N1CCCC1)c1cccc(Br)c1. The molecule has 0 spiro atoms. The molecule has 1 aromatic carbocycles. The zero-order valence-electron chi connectivity index (χ0n) is 12.6. The highest BCUT2D eigenvalue weighted by atomic mass is 79.9. The second-order valence-electron chi connectivity index (χ2n) is 5.58. The van der Waals surface area contributed by atoms with E-state index in [0.717, 1.165) is 17.6 Å². The van der Waals surface area contributed by atoms with Crippen molar-refractivity contribution in [1.82, 2.24) is 9.62 Å². The molecular weight excluding hydrogens is 396 g/mol. The minimum Gasteiger partial charge on any atom is -0.294 e. The molecule has 23 heavy (non-hydrogen) atoms. The van der Waals surface area contributed by atoms with Crippen molar-refractivity contribution in [3.8, 4) is 0 Å². The fourth-order valence-electron chi connectivity index (χ4n) is 2.85. The molecule has 0 bridgehead atoms. The minimum atomic E-state index is -3.50. The molecule has 4 nitrogen and oxygen atoms in total. The fourth-order valence-corrected chi connectivity index (χ4v) is 5.35. The van der Waals surface area contributed by atoms with Crippen molar-refractivity contribution in [2.24, 2.45) is 0 Å². The summed E-state index contributed by atoms with van der Waals surface area (Å²) in [5, 5.41) is 2.04. The molecular formula is C16H19BrN2O2S2. The Morgan fingerprint density at radius 2 is 2.00 bits per heavy atom. The van der Waals surface area contributed by atoms with E-state index in [1.807, 2.05) is 17.5 Å². The van der Waals surface area contributed by atoms with Crippen LogP contribution in [-0.2, 0) is 10.0 Å². The van der Waals surface area contributed by atoms with Gasteiger partial charge in [0.05, 0.1) is 10.9 Å². The largest absolute Gasteiger partial charge is 0.294 e. The maximum Gasteiger partial charge on any atom is 0.240 e. The van der Waals surface area contributed by atoms with E-state index in [9.17, 15) is 8.42 Å². The van der Waals surface area contributed by atoms with E-state index in [0.29, 0.717) is 11.4 Å². The minimum absolute atomic E-state index is 0.111. The fraction of sp³-hybridized carbons (Fsp3) is 0.375. The molecule has 1 N–H and O–H groups in total. The first-order valence-corrected chi connectivity index (χ1v) is 10.7. The predicted molar refractivity (Wildman–Crippen MR) is 97.2 cm³/mol. The average molecular weight is 415 g/mol. The molecule has 1 aliphatic rings. The summed E-state index contributed by atoms with van der Waals surface area (Å²) in [5.74, 6) is 0. The number of sulfonamides is 1. The zero-order valence-corrected chi connectivity index (χ0v) is 15.8. The molecule has 0 saturated carbocycles. The van der Waals surface area contributed by atoms with Crippen LogP contribution >= 0.6 is 27.3 Å². The third kappa shape index (κ3) is 4.22. The van der Waals surface area contributed by atoms with Gasteiger partial charge in [0, 0.05) is 15.9 Å². The van der Waals surface area contributed by atoms with Crippen LogP contribution in [0.2, 0.25) is 0 Å². The first-order chi connectivity index (χ1) is 11.1. The number of rotatable bonds is 6. The van der Waals surface area contributed by atoms with Gasteiger partial charge >= 0.3 is 0 Å². The Bertz CT molecular complexity index is 741. The van der Waals surface area contributed by atoms with Crippen molar-refractivity contribution < 1.29 is 8.42 Å². The summed E-state index contributed by atoms with van der Waals surface area (Å²) in [4.78, 5) is 3.87. The van der Waals surface area contributed by atoms with Gasteiger partial charge in [-0.15, -0.1) is 11.3 Å². The quantitative estimate of drug-likeness (QED) is 0.784. The molecule has 124 valence electrons. The smallest absolute Gasteiger partial charge is 0.240 e. The predicted octanol–water partition coefficient (Wildman–Crippen LogP) is 3.63. The summed E-state index contributed by atoms with van der Waals surface area (Å²) in [6, 6.07) is 11.0. The lowest BCUT2D eigenvalue weighted by atomic mass is 10.2. The number of nitrogens with zero attached hydrogens (tertiary/aromatic N) is 1. The van der Waals surface area contributed by atoms with E-state index in [1.54, 1.807) is 29.5 Å². The normalized spacial score (nSPS) is 17.4. The Balaban J connectivity index is 1.76. The molecule has 3 rings (SSSR count). The van der Waals surface area contributed by atoms with Gasteiger partial charge in [0.2, 0.25) is 10.0 Å². The van der Waals surface area contributed by atoms with Gasteiger partial charge in [0.15, 0.2) is 0 Å². The number of hydrogen-bond donors (Lipinski definition) is 1. The molecule has 0 radical (unpaired) electrons. The number of likely N-dealkylation sites (tertiary alicyclic amines) is 1. The van der Waals surface area contributed by atoms with Crippen molar-refractivity contribution in [3.05, 3.63) is 51.1 Å². The van der Waals surface area contributed by atoms with Crippen molar-refractivity contribution in [3.63, 3.8) is 0 Å². The summed E-state index contributed by atoms with van der Waals surface area (Å²) in [6.07, 6.45) is 2.36. The summed E-state index contributed by atoms with van der Waals surface area (Å²) in [5.41, 5.74) is 0. The Kier molecular flexibility index (Phi) is 5.53. The number of thiophene rings is 1. The van der Waals surface area contributed by atoms with Gasteiger partial charge in [-0.1, -0.05) is 28.1 Å². The first-order valence-electron chi connectivity index (χ1n) is 7.59. The van der Waals surface area contributed by atoms with Crippen LogP contribution in [0, 0.1) is 0 Å². The van der Waals surface area contributed by atoms with Crippen LogP contribution < -0.4 is 4.72 Å². The lowest BCUT2D eigenvalue weighted by molar-refractivity contribution is 0.250. The van der Waals surface area contributed by atoms with Crippen molar-refractivity contribution in [2.75, 3.05) is 19.6 Å². The van der Waals surface area contributed by atoms with Gasteiger partial charge in [-0.3, -0.25) is 4.90 Å². The standard InChI is InChI=1S/C16H19BrN2O2S2/c17-13-5-3-6-14(11-13)23(20,21)18-12-15(16-7-4-10-22-16)19-8-1-2-9-19/h3-7,10-11,15,18H,1-2,8-9,12H2.